The third-order valence-electron chi connectivity index (χ3n) is 5.63. The minimum atomic E-state index is -0.652. The summed E-state index contributed by atoms with van der Waals surface area (Å²) in [7, 11) is 4.45. The lowest BCUT2D eigenvalue weighted by Gasteiger charge is -2.37. The molecular formula is C22H31N3O5. The van der Waals surface area contributed by atoms with E-state index in [1.807, 2.05) is 6.07 Å². The summed E-state index contributed by atoms with van der Waals surface area (Å²) in [6, 6.07) is 4.32. The first-order valence-electron chi connectivity index (χ1n) is 10.2. The van der Waals surface area contributed by atoms with Gasteiger partial charge in [-0.3, -0.25) is 4.90 Å². The Kier molecular flexibility index (Phi) is 6.87. The first kappa shape index (κ1) is 22.0. The molecule has 0 aromatic heterocycles. The first-order chi connectivity index (χ1) is 14.4. The lowest BCUT2D eigenvalue weighted by molar-refractivity contribution is -0.136. The molecule has 2 aliphatic rings. The lowest BCUT2D eigenvalue weighted by Crippen LogP contribution is -2.50. The molecule has 8 heteroatoms. The summed E-state index contributed by atoms with van der Waals surface area (Å²) in [6.07, 6.45) is 1.18. The van der Waals surface area contributed by atoms with E-state index in [2.05, 4.69) is 29.4 Å². The maximum atomic E-state index is 12.8. The Hall–Kier alpha value is -2.74. The van der Waals surface area contributed by atoms with E-state index in [1.165, 1.54) is 13.5 Å². The number of nitrogens with zero attached hydrogens (tertiary/aromatic N) is 1. The van der Waals surface area contributed by atoms with Gasteiger partial charge in [0.25, 0.3) is 0 Å². The summed E-state index contributed by atoms with van der Waals surface area (Å²) in [6.45, 7) is 6.78. The molecule has 0 aliphatic carbocycles. The van der Waals surface area contributed by atoms with E-state index >= 15 is 0 Å². The number of carbonyl (C=O) groups is 2. The van der Waals surface area contributed by atoms with Crippen LogP contribution >= 0.6 is 0 Å². The van der Waals surface area contributed by atoms with E-state index in [0.717, 1.165) is 13.1 Å². The van der Waals surface area contributed by atoms with Crippen molar-refractivity contribution in [3.63, 3.8) is 0 Å². The molecule has 1 saturated heterocycles. The number of carbonyl (C=O) groups excluding carboxylic acids is 2. The number of nitrogens with one attached hydrogen (secondary N) is 2. The fourth-order valence-corrected chi connectivity index (χ4v) is 4.52. The number of esters is 1. The van der Waals surface area contributed by atoms with Gasteiger partial charge in [0.1, 0.15) is 0 Å². The van der Waals surface area contributed by atoms with Crippen LogP contribution in [0.2, 0.25) is 0 Å². The van der Waals surface area contributed by atoms with Gasteiger partial charge < -0.3 is 24.8 Å². The molecule has 0 saturated carbocycles. The van der Waals surface area contributed by atoms with Gasteiger partial charge in [-0.25, -0.2) is 9.59 Å². The van der Waals surface area contributed by atoms with Crippen molar-refractivity contribution in [3.8, 4) is 11.5 Å². The van der Waals surface area contributed by atoms with Gasteiger partial charge in [0, 0.05) is 25.3 Å². The molecule has 2 N–H and O–H groups in total. The summed E-state index contributed by atoms with van der Waals surface area (Å²) >= 11 is 0. The molecule has 2 aliphatic heterocycles. The molecule has 8 nitrogen and oxygen atoms in total. The monoisotopic (exact) mass is 417 g/mol. The maximum Gasteiger partial charge on any atom is 0.338 e. The van der Waals surface area contributed by atoms with Crippen LogP contribution in [-0.4, -0.2) is 57.9 Å². The summed E-state index contributed by atoms with van der Waals surface area (Å²) in [5.74, 6) is 1.74. The van der Waals surface area contributed by atoms with Crippen molar-refractivity contribution in [2.75, 3.05) is 41.0 Å². The van der Waals surface area contributed by atoms with Crippen LogP contribution < -0.4 is 20.1 Å². The number of methoxy groups -OCH3 is 3. The SMILES string of the molecule is COC(=O)C1=C(CN2C[C@H](C)C[C@@H](C)C2)NC(=O)N[C@@H]1c1ccc(OC)c(OC)c1. The van der Waals surface area contributed by atoms with Gasteiger partial charge in [0.2, 0.25) is 0 Å². The zero-order valence-corrected chi connectivity index (χ0v) is 18.3. The van der Waals surface area contributed by atoms with Crippen LogP contribution in [0, 0.1) is 11.8 Å². The Morgan fingerprint density at radius 1 is 1.10 bits per heavy atom. The lowest BCUT2D eigenvalue weighted by atomic mass is 9.91. The van der Waals surface area contributed by atoms with Gasteiger partial charge in [0.15, 0.2) is 11.5 Å². The number of ether oxygens (including phenoxy) is 3. The van der Waals surface area contributed by atoms with Crippen LogP contribution in [0.3, 0.4) is 0 Å². The third-order valence-corrected chi connectivity index (χ3v) is 5.63. The average Bonchev–Trinajstić information content (AvgIpc) is 2.71. The second kappa shape index (κ2) is 9.38. The standard InChI is InChI=1S/C22H31N3O5/c1-13-8-14(2)11-25(10-13)12-16-19(21(26)30-5)20(24-22(27)23-16)15-6-7-17(28-3)18(9-15)29-4/h6-7,9,13-14,20H,8,10-12H2,1-5H3,(H2,23,24,27)/t13-,14-,20-/m1/s1. The molecule has 1 fully saturated rings. The normalized spacial score (nSPS) is 24.7. The number of urea groups is 1. The van der Waals surface area contributed by atoms with Crippen molar-refractivity contribution >= 4 is 12.0 Å². The molecule has 30 heavy (non-hydrogen) atoms. The van der Waals surface area contributed by atoms with Crippen molar-refractivity contribution in [2.24, 2.45) is 11.8 Å². The Bertz CT molecular complexity index is 828. The van der Waals surface area contributed by atoms with E-state index in [-0.39, 0.29) is 6.03 Å². The number of rotatable bonds is 6. The van der Waals surface area contributed by atoms with E-state index in [4.69, 9.17) is 14.2 Å². The van der Waals surface area contributed by atoms with Gasteiger partial charge in [-0.2, -0.15) is 0 Å². The molecule has 1 aromatic rings. The largest absolute Gasteiger partial charge is 0.493 e. The fourth-order valence-electron chi connectivity index (χ4n) is 4.52. The van der Waals surface area contributed by atoms with Gasteiger partial charge in [0.05, 0.1) is 32.9 Å². The van der Waals surface area contributed by atoms with Crippen molar-refractivity contribution in [2.45, 2.75) is 26.3 Å². The smallest absolute Gasteiger partial charge is 0.338 e. The zero-order chi connectivity index (χ0) is 21.8. The van der Waals surface area contributed by atoms with Crippen molar-refractivity contribution < 1.29 is 23.8 Å². The predicted molar refractivity (Wildman–Crippen MR) is 112 cm³/mol. The summed E-state index contributed by atoms with van der Waals surface area (Å²) < 4.78 is 15.8. The molecule has 3 rings (SSSR count). The molecular weight excluding hydrogens is 386 g/mol. The highest BCUT2D eigenvalue weighted by Gasteiger charge is 2.35. The Balaban J connectivity index is 2.00. The average molecular weight is 418 g/mol. The maximum absolute atomic E-state index is 12.8. The van der Waals surface area contributed by atoms with Gasteiger partial charge in [-0.05, 0) is 36.0 Å². The molecule has 164 valence electrons. The van der Waals surface area contributed by atoms with Crippen molar-refractivity contribution in [1.29, 1.82) is 0 Å². The Morgan fingerprint density at radius 3 is 2.37 bits per heavy atom. The van der Waals surface area contributed by atoms with Crippen LogP contribution in [0.25, 0.3) is 0 Å². The minimum Gasteiger partial charge on any atom is -0.493 e. The molecule has 0 bridgehead atoms. The number of benzene rings is 1. The number of likely N-dealkylation sites (tertiary alicyclic amines) is 1. The van der Waals surface area contributed by atoms with Crippen LogP contribution in [0.5, 0.6) is 11.5 Å². The topological polar surface area (TPSA) is 89.1 Å². The molecule has 3 atom stereocenters. The van der Waals surface area contributed by atoms with Crippen molar-refractivity contribution in [1.82, 2.24) is 15.5 Å². The molecule has 0 radical (unpaired) electrons. The zero-order valence-electron chi connectivity index (χ0n) is 18.3. The number of hydrogen-bond donors (Lipinski definition) is 2. The first-order valence-corrected chi connectivity index (χ1v) is 10.2. The van der Waals surface area contributed by atoms with E-state index in [0.29, 0.717) is 46.7 Å². The van der Waals surface area contributed by atoms with Crippen LogP contribution in [0.15, 0.2) is 29.5 Å². The predicted octanol–water partition coefficient (Wildman–Crippen LogP) is 2.46. The molecule has 2 amide bonds. The summed E-state index contributed by atoms with van der Waals surface area (Å²) in [4.78, 5) is 27.5. The highest BCUT2D eigenvalue weighted by Crippen LogP contribution is 2.35. The van der Waals surface area contributed by atoms with Crippen LogP contribution in [0.4, 0.5) is 4.79 Å². The number of amides is 2. The fraction of sp³-hybridized carbons (Fsp3) is 0.545. The molecule has 0 spiro atoms. The van der Waals surface area contributed by atoms with Gasteiger partial charge in [-0.1, -0.05) is 19.9 Å². The second-order valence-corrected chi connectivity index (χ2v) is 8.17. The highest BCUT2D eigenvalue weighted by molar-refractivity contribution is 5.95. The third kappa shape index (κ3) is 4.70. The van der Waals surface area contributed by atoms with Gasteiger partial charge >= 0.3 is 12.0 Å². The minimum absolute atomic E-state index is 0.351. The number of hydrogen-bond acceptors (Lipinski definition) is 6. The Morgan fingerprint density at radius 2 is 1.77 bits per heavy atom. The summed E-state index contributed by atoms with van der Waals surface area (Å²) in [5.41, 5.74) is 1.68. The van der Waals surface area contributed by atoms with Crippen molar-refractivity contribution in [3.05, 3.63) is 35.0 Å². The second-order valence-electron chi connectivity index (χ2n) is 8.17. The van der Waals surface area contributed by atoms with Gasteiger partial charge in [-0.15, -0.1) is 0 Å². The van der Waals surface area contributed by atoms with E-state index in [9.17, 15) is 9.59 Å². The molecule has 1 aromatic carbocycles. The van der Waals surface area contributed by atoms with Crippen LogP contribution in [-0.2, 0) is 9.53 Å². The quantitative estimate of drug-likeness (QED) is 0.692. The Labute approximate surface area is 177 Å². The molecule has 2 heterocycles. The highest BCUT2D eigenvalue weighted by atomic mass is 16.5. The summed E-state index contributed by atoms with van der Waals surface area (Å²) in [5, 5.41) is 5.69. The van der Waals surface area contributed by atoms with E-state index in [1.54, 1.807) is 26.4 Å². The molecule has 0 unspecified atom stereocenters. The van der Waals surface area contributed by atoms with Crippen LogP contribution in [0.1, 0.15) is 31.9 Å². The van der Waals surface area contributed by atoms with E-state index < -0.39 is 12.0 Å². The number of piperidine rings is 1.